The molecular formula is C17H16N2O2S. The minimum atomic E-state index is -3.65. The molecule has 0 atom stereocenters. The fraction of sp³-hybridized carbons (Fsp3) is 0.0588. The molecule has 112 valence electrons. The summed E-state index contributed by atoms with van der Waals surface area (Å²) >= 11 is 0. The Morgan fingerprint density at radius 1 is 0.909 bits per heavy atom. The van der Waals surface area contributed by atoms with Gasteiger partial charge in [0, 0.05) is 12.7 Å². The molecule has 0 unspecified atom stereocenters. The Balaban J connectivity index is 2.21. The van der Waals surface area contributed by atoms with Crippen molar-refractivity contribution in [3.05, 3.63) is 78.5 Å². The predicted molar refractivity (Wildman–Crippen MR) is 86.8 cm³/mol. The summed E-state index contributed by atoms with van der Waals surface area (Å²) in [4.78, 5) is 0.256. The zero-order valence-corrected chi connectivity index (χ0v) is 12.7. The van der Waals surface area contributed by atoms with Gasteiger partial charge in [-0.05, 0) is 29.3 Å². The molecule has 3 rings (SSSR count). The first-order valence-electron chi connectivity index (χ1n) is 6.90. The number of hydrogen-bond acceptors (Lipinski definition) is 3. The third-order valence-corrected chi connectivity index (χ3v) is 5.14. The maximum Gasteiger partial charge on any atom is 0.268 e. The van der Waals surface area contributed by atoms with Crippen molar-refractivity contribution >= 4 is 10.0 Å². The van der Waals surface area contributed by atoms with E-state index in [0.29, 0.717) is 5.69 Å². The van der Waals surface area contributed by atoms with Gasteiger partial charge in [-0.2, -0.15) is 0 Å². The second-order valence-electron chi connectivity index (χ2n) is 4.92. The zero-order valence-electron chi connectivity index (χ0n) is 11.9. The smallest absolute Gasteiger partial charge is 0.268 e. The number of hydrogen-bond donors (Lipinski definition) is 1. The molecule has 0 fully saturated rings. The summed E-state index contributed by atoms with van der Waals surface area (Å²) in [5, 5.41) is 0. The Hall–Kier alpha value is -2.37. The highest BCUT2D eigenvalue weighted by molar-refractivity contribution is 7.90. The molecule has 0 aliphatic carbocycles. The lowest BCUT2D eigenvalue weighted by atomic mass is 10.1. The molecule has 3 aromatic rings. The minimum Gasteiger partial charge on any atom is -0.326 e. The molecule has 0 aliphatic rings. The lowest BCUT2D eigenvalue weighted by Gasteiger charge is -2.10. The number of nitrogens with zero attached hydrogens (tertiary/aromatic N) is 1. The quantitative estimate of drug-likeness (QED) is 0.805. The number of benzene rings is 2. The van der Waals surface area contributed by atoms with E-state index in [0.717, 1.165) is 11.1 Å². The van der Waals surface area contributed by atoms with Crippen LogP contribution in [-0.2, 0) is 16.6 Å². The lowest BCUT2D eigenvalue weighted by molar-refractivity contribution is 0.588. The van der Waals surface area contributed by atoms with Crippen LogP contribution in [0.5, 0.6) is 0 Å². The van der Waals surface area contributed by atoms with Crippen molar-refractivity contribution in [3.63, 3.8) is 0 Å². The fourth-order valence-electron chi connectivity index (χ4n) is 2.33. The summed E-state index contributed by atoms with van der Waals surface area (Å²) < 4.78 is 27.1. The van der Waals surface area contributed by atoms with Crippen LogP contribution >= 0.6 is 0 Å². The molecule has 0 saturated carbocycles. The van der Waals surface area contributed by atoms with E-state index in [2.05, 4.69) is 0 Å². The first kappa shape index (κ1) is 14.6. The Kier molecular flexibility index (Phi) is 3.83. The van der Waals surface area contributed by atoms with Gasteiger partial charge in [0.25, 0.3) is 10.0 Å². The molecule has 22 heavy (non-hydrogen) atoms. The average Bonchev–Trinajstić information content (AvgIpc) is 3.02. The molecule has 1 heterocycles. The molecule has 0 amide bonds. The van der Waals surface area contributed by atoms with Crippen molar-refractivity contribution in [2.24, 2.45) is 5.73 Å². The fourth-order valence-corrected chi connectivity index (χ4v) is 3.75. The summed E-state index contributed by atoms with van der Waals surface area (Å²) in [5.41, 5.74) is 7.91. The third kappa shape index (κ3) is 2.56. The van der Waals surface area contributed by atoms with Crippen LogP contribution in [0.4, 0.5) is 0 Å². The van der Waals surface area contributed by atoms with Crippen molar-refractivity contribution in [2.45, 2.75) is 11.4 Å². The topological polar surface area (TPSA) is 65.1 Å². The van der Waals surface area contributed by atoms with Gasteiger partial charge in [0.15, 0.2) is 0 Å². The SMILES string of the molecule is NCc1cc(-c2ccccc2)n(S(=O)(=O)c2ccccc2)c1. The van der Waals surface area contributed by atoms with E-state index >= 15 is 0 Å². The average molecular weight is 312 g/mol. The maximum absolute atomic E-state index is 12.9. The molecule has 0 bridgehead atoms. The van der Waals surface area contributed by atoms with E-state index in [4.69, 9.17) is 5.73 Å². The summed E-state index contributed by atoms with van der Waals surface area (Å²) in [6.07, 6.45) is 1.59. The van der Waals surface area contributed by atoms with Gasteiger partial charge in [-0.3, -0.25) is 0 Å². The number of rotatable bonds is 4. The highest BCUT2D eigenvalue weighted by Crippen LogP contribution is 2.26. The van der Waals surface area contributed by atoms with Crippen LogP contribution in [0.3, 0.4) is 0 Å². The summed E-state index contributed by atoms with van der Waals surface area (Å²) in [6, 6.07) is 19.6. The molecule has 0 saturated heterocycles. The van der Waals surface area contributed by atoms with Gasteiger partial charge in [0.1, 0.15) is 0 Å². The Morgan fingerprint density at radius 3 is 2.09 bits per heavy atom. The largest absolute Gasteiger partial charge is 0.326 e. The van der Waals surface area contributed by atoms with Gasteiger partial charge in [0.2, 0.25) is 0 Å². The predicted octanol–water partition coefficient (Wildman–Crippen LogP) is 2.85. The Bertz CT molecular complexity index is 870. The molecular weight excluding hydrogens is 296 g/mol. The maximum atomic E-state index is 12.9. The third-order valence-electron chi connectivity index (χ3n) is 3.45. The van der Waals surface area contributed by atoms with Gasteiger partial charge >= 0.3 is 0 Å². The van der Waals surface area contributed by atoms with Crippen molar-refractivity contribution < 1.29 is 8.42 Å². The van der Waals surface area contributed by atoms with E-state index in [1.165, 1.54) is 3.97 Å². The summed E-state index contributed by atoms with van der Waals surface area (Å²) in [5.74, 6) is 0. The van der Waals surface area contributed by atoms with E-state index in [1.807, 2.05) is 36.4 Å². The monoisotopic (exact) mass is 312 g/mol. The van der Waals surface area contributed by atoms with Crippen LogP contribution in [0.2, 0.25) is 0 Å². The van der Waals surface area contributed by atoms with Crippen LogP contribution in [0.15, 0.2) is 77.8 Å². The van der Waals surface area contributed by atoms with Crippen LogP contribution in [-0.4, -0.2) is 12.4 Å². The van der Waals surface area contributed by atoms with Gasteiger partial charge in [-0.15, -0.1) is 0 Å². The second-order valence-corrected chi connectivity index (χ2v) is 6.73. The van der Waals surface area contributed by atoms with E-state index in [-0.39, 0.29) is 11.4 Å². The number of aromatic nitrogens is 1. The molecule has 0 radical (unpaired) electrons. The molecule has 1 aromatic heterocycles. The summed E-state index contributed by atoms with van der Waals surface area (Å²) in [7, 11) is -3.65. The zero-order chi connectivity index (χ0) is 15.6. The van der Waals surface area contributed by atoms with Crippen molar-refractivity contribution in [1.29, 1.82) is 0 Å². The Labute approximate surface area is 129 Å². The summed E-state index contributed by atoms with van der Waals surface area (Å²) in [6.45, 7) is 0.289. The molecule has 2 aromatic carbocycles. The molecule has 0 aliphatic heterocycles. The first-order valence-corrected chi connectivity index (χ1v) is 8.34. The highest BCUT2D eigenvalue weighted by atomic mass is 32.2. The normalized spacial score (nSPS) is 11.5. The van der Waals surface area contributed by atoms with Gasteiger partial charge in [0.05, 0.1) is 10.6 Å². The van der Waals surface area contributed by atoms with Crippen LogP contribution in [0.1, 0.15) is 5.56 Å². The molecule has 2 N–H and O–H groups in total. The van der Waals surface area contributed by atoms with E-state index in [1.54, 1.807) is 36.5 Å². The minimum absolute atomic E-state index is 0.256. The Morgan fingerprint density at radius 2 is 1.50 bits per heavy atom. The van der Waals surface area contributed by atoms with E-state index < -0.39 is 10.0 Å². The first-order chi connectivity index (χ1) is 10.6. The van der Waals surface area contributed by atoms with Crippen molar-refractivity contribution in [2.75, 3.05) is 0 Å². The van der Waals surface area contributed by atoms with Gasteiger partial charge in [-0.1, -0.05) is 48.5 Å². The van der Waals surface area contributed by atoms with Crippen LogP contribution in [0, 0.1) is 0 Å². The van der Waals surface area contributed by atoms with Crippen LogP contribution < -0.4 is 5.73 Å². The number of nitrogens with two attached hydrogens (primary N) is 1. The standard InChI is InChI=1S/C17H16N2O2S/c18-12-14-11-17(15-7-3-1-4-8-15)19(13-14)22(20,21)16-9-5-2-6-10-16/h1-11,13H,12,18H2. The molecule has 0 spiro atoms. The van der Waals surface area contributed by atoms with Crippen molar-refractivity contribution in [3.8, 4) is 11.3 Å². The van der Waals surface area contributed by atoms with E-state index in [9.17, 15) is 8.42 Å². The highest BCUT2D eigenvalue weighted by Gasteiger charge is 2.21. The van der Waals surface area contributed by atoms with Gasteiger partial charge in [-0.25, -0.2) is 12.4 Å². The van der Waals surface area contributed by atoms with Crippen LogP contribution in [0.25, 0.3) is 11.3 Å². The molecule has 4 nitrogen and oxygen atoms in total. The lowest BCUT2D eigenvalue weighted by Crippen LogP contribution is -2.13. The molecule has 5 heteroatoms. The van der Waals surface area contributed by atoms with Gasteiger partial charge < -0.3 is 5.73 Å². The second kappa shape index (κ2) is 5.79. The van der Waals surface area contributed by atoms with Crippen molar-refractivity contribution in [1.82, 2.24) is 3.97 Å².